The summed E-state index contributed by atoms with van der Waals surface area (Å²) in [7, 11) is 0. The lowest BCUT2D eigenvalue weighted by molar-refractivity contribution is 0.0739. The summed E-state index contributed by atoms with van der Waals surface area (Å²) in [6.07, 6.45) is 1.95. The lowest BCUT2D eigenvalue weighted by Gasteiger charge is -2.22. The van der Waals surface area contributed by atoms with Gasteiger partial charge in [-0.15, -0.1) is 0 Å². The largest absolute Gasteiger partial charge is 0.379 e. The third-order valence-corrected chi connectivity index (χ3v) is 2.97. The third kappa shape index (κ3) is 3.14. The number of rotatable bonds is 2. The molecule has 2 rings (SSSR count). The Morgan fingerprint density at radius 1 is 1.62 bits per heavy atom. The van der Waals surface area contributed by atoms with Crippen molar-refractivity contribution in [2.24, 2.45) is 0 Å². The molecule has 16 heavy (non-hydrogen) atoms. The van der Waals surface area contributed by atoms with Crippen LogP contribution in [-0.2, 0) is 4.74 Å². The number of aromatic nitrogens is 2. The molecule has 6 nitrogen and oxygen atoms in total. The van der Waals surface area contributed by atoms with E-state index < -0.39 is 0 Å². The molecule has 7 heteroatoms. The summed E-state index contributed by atoms with van der Waals surface area (Å²) in [6.45, 7) is 3.16. The van der Waals surface area contributed by atoms with Crippen molar-refractivity contribution in [2.45, 2.75) is 25.8 Å². The zero-order chi connectivity index (χ0) is 11.4. The molecule has 1 aromatic rings. The highest BCUT2D eigenvalue weighted by molar-refractivity contribution is 7.09. The van der Waals surface area contributed by atoms with Gasteiger partial charge in [-0.25, -0.2) is 9.78 Å². The van der Waals surface area contributed by atoms with E-state index in [0.29, 0.717) is 17.6 Å². The summed E-state index contributed by atoms with van der Waals surface area (Å²) >= 11 is 1.18. The van der Waals surface area contributed by atoms with E-state index in [1.54, 1.807) is 6.92 Å². The molecule has 0 bridgehead atoms. The Kier molecular flexibility index (Phi) is 3.68. The maximum atomic E-state index is 11.6. The molecule has 0 unspecified atom stereocenters. The van der Waals surface area contributed by atoms with Crippen molar-refractivity contribution in [1.29, 1.82) is 0 Å². The summed E-state index contributed by atoms with van der Waals surface area (Å²) in [5.74, 6) is 0.668. The van der Waals surface area contributed by atoms with Crippen molar-refractivity contribution in [3.63, 3.8) is 0 Å². The molecule has 0 radical (unpaired) electrons. The second-order valence-electron chi connectivity index (χ2n) is 3.66. The zero-order valence-electron chi connectivity index (χ0n) is 9.02. The quantitative estimate of drug-likeness (QED) is 0.815. The van der Waals surface area contributed by atoms with Crippen molar-refractivity contribution < 1.29 is 9.53 Å². The second-order valence-corrected chi connectivity index (χ2v) is 4.41. The molecular formula is C9H14N4O2S. The van der Waals surface area contributed by atoms with Crippen LogP contribution in [0.3, 0.4) is 0 Å². The molecule has 2 N–H and O–H groups in total. The van der Waals surface area contributed by atoms with Crippen LogP contribution in [0.25, 0.3) is 0 Å². The summed E-state index contributed by atoms with van der Waals surface area (Å²) in [5, 5.41) is 6.01. The molecular weight excluding hydrogens is 228 g/mol. The standard InChI is InChI=1S/C9H14N4O2S/c1-6-10-9(16-13-6)12-8(14)11-7-3-2-4-15-5-7/h7H,2-5H2,1H3,(H2,10,11,12,13,14)/t7-/m1/s1. The van der Waals surface area contributed by atoms with Crippen LogP contribution < -0.4 is 10.6 Å². The number of amides is 2. The fraction of sp³-hybridized carbons (Fsp3) is 0.667. The predicted octanol–water partition coefficient (Wildman–Crippen LogP) is 1.15. The van der Waals surface area contributed by atoms with E-state index in [9.17, 15) is 4.79 Å². The van der Waals surface area contributed by atoms with E-state index >= 15 is 0 Å². The minimum Gasteiger partial charge on any atom is -0.379 e. The van der Waals surface area contributed by atoms with Gasteiger partial charge in [0, 0.05) is 18.1 Å². The molecule has 0 aliphatic carbocycles. The van der Waals surface area contributed by atoms with Gasteiger partial charge in [0.15, 0.2) is 0 Å². The first-order valence-electron chi connectivity index (χ1n) is 5.19. The summed E-state index contributed by atoms with van der Waals surface area (Å²) in [5.41, 5.74) is 0. The third-order valence-electron chi connectivity index (χ3n) is 2.24. The van der Waals surface area contributed by atoms with Gasteiger partial charge in [0.2, 0.25) is 5.13 Å². The van der Waals surface area contributed by atoms with Crippen molar-refractivity contribution in [1.82, 2.24) is 14.7 Å². The number of anilines is 1. The fourth-order valence-corrected chi connectivity index (χ4v) is 2.09. The van der Waals surface area contributed by atoms with Crippen LogP contribution in [0.5, 0.6) is 0 Å². The highest BCUT2D eigenvalue weighted by Gasteiger charge is 2.16. The monoisotopic (exact) mass is 242 g/mol. The van der Waals surface area contributed by atoms with Crippen LogP contribution in [0.15, 0.2) is 0 Å². The van der Waals surface area contributed by atoms with Crippen molar-refractivity contribution >= 4 is 22.7 Å². The van der Waals surface area contributed by atoms with E-state index in [1.165, 1.54) is 11.5 Å². The number of nitrogens with one attached hydrogen (secondary N) is 2. The molecule has 2 amide bonds. The number of aryl methyl sites for hydroxylation is 1. The Labute approximate surface area is 97.6 Å². The van der Waals surface area contributed by atoms with Crippen molar-refractivity contribution in [3.8, 4) is 0 Å². The van der Waals surface area contributed by atoms with Gasteiger partial charge in [-0.05, 0) is 19.8 Å². The zero-order valence-corrected chi connectivity index (χ0v) is 9.84. The van der Waals surface area contributed by atoms with Crippen LogP contribution in [0.4, 0.5) is 9.93 Å². The van der Waals surface area contributed by atoms with Crippen LogP contribution >= 0.6 is 11.5 Å². The van der Waals surface area contributed by atoms with Crippen LogP contribution in [-0.4, -0.2) is 34.6 Å². The van der Waals surface area contributed by atoms with Gasteiger partial charge < -0.3 is 10.1 Å². The number of hydrogen-bond donors (Lipinski definition) is 2. The van der Waals surface area contributed by atoms with Gasteiger partial charge in [0.1, 0.15) is 5.82 Å². The van der Waals surface area contributed by atoms with E-state index in [0.717, 1.165) is 19.4 Å². The summed E-state index contributed by atoms with van der Waals surface area (Å²) in [4.78, 5) is 15.6. The van der Waals surface area contributed by atoms with Gasteiger partial charge in [-0.2, -0.15) is 4.37 Å². The van der Waals surface area contributed by atoms with Crippen molar-refractivity contribution in [3.05, 3.63) is 5.82 Å². The topological polar surface area (TPSA) is 76.1 Å². The van der Waals surface area contributed by atoms with Gasteiger partial charge in [0.25, 0.3) is 0 Å². The number of nitrogens with zero attached hydrogens (tertiary/aromatic N) is 2. The van der Waals surface area contributed by atoms with Gasteiger partial charge in [-0.3, -0.25) is 5.32 Å². The highest BCUT2D eigenvalue weighted by Crippen LogP contribution is 2.10. The average Bonchev–Trinajstić information content (AvgIpc) is 2.65. The molecule has 2 heterocycles. The van der Waals surface area contributed by atoms with E-state index in [-0.39, 0.29) is 12.1 Å². The second kappa shape index (κ2) is 5.22. The van der Waals surface area contributed by atoms with Crippen molar-refractivity contribution in [2.75, 3.05) is 18.5 Å². The Bertz CT molecular complexity index is 362. The molecule has 0 spiro atoms. The number of urea groups is 1. The maximum Gasteiger partial charge on any atom is 0.321 e. The average molecular weight is 242 g/mol. The van der Waals surface area contributed by atoms with Crippen LogP contribution in [0.2, 0.25) is 0 Å². The van der Waals surface area contributed by atoms with Crippen LogP contribution in [0.1, 0.15) is 18.7 Å². The Morgan fingerprint density at radius 3 is 3.12 bits per heavy atom. The van der Waals surface area contributed by atoms with Gasteiger partial charge >= 0.3 is 6.03 Å². The first kappa shape index (κ1) is 11.3. The molecule has 1 atom stereocenters. The molecule has 0 saturated carbocycles. The smallest absolute Gasteiger partial charge is 0.321 e. The fourth-order valence-electron chi connectivity index (χ4n) is 1.52. The minimum atomic E-state index is -0.244. The minimum absolute atomic E-state index is 0.0998. The van der Waals surface area contributed by atoms with E-state index in [1.807, 2.05) is 0 Å². The molecule has 1 aliphatic rings. The Hall–Kier alpha value is -1.21. The molecule has 1 fully saturated rings. The molecule has 0 aromatic carbocycles. The Balaban J connectivity index is 1.79. The number of ether oxygens (including phenoxy) is 1. The summed E-state index contributed by atoms with van der Waals surface area (Å²) < 4.78 is 9.25. The van der Waals surface area contributed by atoms with Gasteiger partial charge in [0.05, 0.1) is 12.6 Å². The van der Waals surface area contributed by atoms with Gasteiger partial charge in [-0.1, -0.05) is 0 Å². The van der Waals surface area contributed by atoms with E-state index in [2.05, 4.69) is 20.0 Å². The lowest BCUT2D eigenvalue weighted by Crippen LogP contribution is -2.42. The maximum absolute atomic E-state index is 11.6. The lowest BCUT2D eigenvalue weighted by atomic mass is 10.1. The molecule has 1 saturated heterocycles. The Morgan fingerprint density at radius 2 is 2.50 bits per heavy atom. The normalized spacial score (nSPS) is 20.4. The number of carbonyl (C=O) groups is 1. The van der Waals surface area contributed by atoms with E-state index in [4.69, 9.17) is 4.74 Å². The predicted molar refractivity (Wildman–Crippen MR) is 60.6 cm³/mol. The first-order chi connectivity index (χ1) is 7.74. The molecule has 1 aromatic heterocycles. The summed E-state index contributed by atoms with van der Waals surface area (Å²) in [6, 6.07) is -0.144. The highest BCUT2D eigenvalue weighted by atomic mass is 32.1. The first-order valence-corrected chi connectivity index (χ1v) is 5.97. The number of carbonyl (C=O) groups excluding carboxylic acids is 1. The SMILES string of the molecule is Cc1nsc(NC(=O)N[C@@H]2CCCOC2)n1. The molecule has 88 valence electrons. The molecule has 1 aliphatic heterocycles. The van der Waals surface area contributed by atoms with Crippen LogP contribution in [0, 0.1) is 6.92 Å². The number of hydrogen-bond acceptors (Lipinski definition) is 5.